The smallest absolute Gasteiger partial charge is 0.339 e. The van der Waals surface area contributed by atoms with Gasteiger partial charge in [0.2, 0.25) is 0 Å². The van der Waals surface area contributed by atoms with Gasteiger partial charge < -0.3 is 15.2 Å². The third-order valence-electron chi connectivity index (χ3n) is 3.94. The number of benzene rings is 2. The van der Waals surface area contributed by atoms with Crippen LogP contribution in [0.1, 0.15) is 20.7 Å². The van der Waals surface area contributed by atoms with Gasteiger partial charge >= 0.3 is 5.97 Å². The van der Waals surface area contributed by atoms with Crippen LogP contribution < -0.4 is 10.1 Å². The molecule has 1 heterocycles. The van der Waals surface area contributed by atoms with Gasteiger partial charge in [-0.05, 0) is 17.7 Å². The van der Waals surface area contributed by atoms with Gasteiger partial charge in [-0.2, -0.15) is 0 Å². The lowest BCUT2D eigenvalue weighted by atomic mass is 10.0. The van der Waals surface area contributed by atoms with E-state index in [1.165, 1.54) is 13.2 Å². The molecule has 1 amide bonds. The molecule has 3 aromatic rings. The molecule has 2 aromatic carbocycles. The topological polar surface area (TPSA) is 75.6 Å². The van der Waals surface area contributed by atoms with Crippen molar-refractivity contribution in [1.29, 1.82) is 0 Å². The molecule has 3 rings (SSSR count). The van der Waals surface area contributed by atoms with E-state index in [4.69, 9.17) is 51.1 Å². The number of carboxylic acids is 1. The molecule has 1 aromatic heterocycles. The Kier molecular flexibility index (Phi) is 6.61. The van der Waals surface area contributed by atoms with Crippen LogP contribution in [-0.2, 0) is 0 Å². The maximum absolute atomic E-state index is 12.8. The van der Waals surface area contributed by atoms with Gasteiger partial charge in [0, 0.05) is 22.0 Å². The van der Waals surface area contributed by atoms with E-state index in [-0.39, 0.29) is 36.9 Å². The minimum atomic E-state index is -1.21. The molecule has 0 aliphatic heterocycles. The molecule has 2 N–H and O–H groups in total. The summed E-state index contributed by atoms with van der Waals surface area (Å²) in [4.78, 5) is 24.7. The van der Waals surface area contributed by atoms with Crippen molar-refractivity contribution in [3.05, 3.63) is 66.9 Å². The number of hydrogen-bond acceptors (Lipinski definition) is 4. The summed E-state index contributed by atoms with van der Waals surface area (Å²) in [6, 6.07) is 8.10. The van der Waals surface area contributed by atoms with Gasteiger partial charge in [0.15, 0.2) is 0 Å². The molecule has 0 bridgehead atoms. The number of nitrogens with one attached hydrogen (secondary N) is 1. The second-order valence-electron chi connectivity index (χ2n) is 5.69. The molecule has 0 saturated carbocycles. The van der Waals surface area contributed by atoms with E-state index in [0.29, 0.717) is 16.1 Å². The summed E-state index contributed by atoms with van der Waals surface area (Å²) in [5.74, 6) is -1.70. The van der Waals surface area contributed by atoms with Crippen molar-refractivity contribution >= 4 is 74.6 Å². The summed E-state index contributed by atoms with van der Waals surface area (Å²) in [6.07, 6.45) is 0. The Labute approximate surface area is 189 Å². The monoisotopic (exact) mass is 489 g/mol. The number of halogens is 4. The fourth-order valence-corrected chi connectivity index (χ4v) is 4.61. The van der Waals surface area contributed by atoms with Crippen molar-refractivity contribution < 1.29 is 19.4 Å². The van der Waals surface area contributed by atoms with Crippen LogP contribution in [0.25, 0.3) is 11.1 Å². The van der Waals surface area contributed by atoms with E-state index in [2.05, 4.69) is 5.32 Å². The van der Waals surface area contributed by atoms with Crippen molar-refractivity contribution in [3.8, 4) is 16.9 Å². The predicted octanol–water partition coefficient (Wildman–Crippen LogP) is 6.99. The average Bonchev–Trinajstić information content (AvgIpc) is 3.08. The van der Waals surface area contributed by atoms with Crippen molar-refractivity contribution in [2.45, 2.75) is 0 Å². The summed E-state index contributed by atoms with van der Waals surface area (Å²) >= 11 is 25.5. The van der Waals surface area contributed by atoms with Gasteiger partial charge in [-0.25, -0.2) is 4.79 Å². The lowest BCUT2D eigenvalue weighted by molar-refractivity contribution is 0.0699. The van der Waals surface area contributed by atoms with E-state index in [9.17, 15) is 14.7 Å². The average molecular weight is 491 g/mol. The predicted molar refractivity (Wildman–Crippen MR) is 118 cm³/mol. The fourth-order valence-electron chi connectivity index (χ4n) is 2.63. The summed E-state index contributed by atoms with van der Waals surface area (Å²) < 4.78 is 5.05. The molecule has 10 heteroatoms. The quantitative estimate of drug-likeness (QED) is 0.378. The molecule has 0 unspecified atom stereocenters. The number of anilines is 1. The molecular weight excluding hydrogens is 480 g/mol. The van der Waals surface area contributed by atoms with Crippen molar-refractivity contribution in [2.24, 2.45) is 0 Å². The Morgan fingerprint density at radius 2 is 1.79 bits per heavy atom. The summed E-state index contributed by atoms with van der Waals surface area (Å²) in [7, 11) is 1.38. The number of aromatic carboxylic acids is 1. The molecule has 0 atom stereocenters. The molecule has 150 valence electrons. The first-order valence-corrected chi connectivity index (χ1v) is 10.3. The first kappa shape index (κ1) is 21.7. The summed E-state index contributed by atoms with van der Waals surface area (Å²) in [5, 5.41) is 14.4. The van der Waals surface area contributed by atoms with Crippen LogP contribution in [0.3, 0.4) is 0 Å². The van der Waals surface area contributed by atoms with Crippen LogP contribution in [-0.4, -0.2) is 24.1 Å². The lowest BCUT2D eigenvalue weighted by Crippen LogP contribution is -2.15. The number of carbonyl (C=O) groups is 2. The molecular formula is C19H11Cl4NO4S. The lowest BCUT2D eigenvalue weighted by Gasteiger charge is -2.12. The Bertz CT molecular complexity index is 1130. The van der Waals surface area contributed by atoms with E-state index < -0.39 is 11.9 Å². The second-order valence-corrected chi connectivity index (χ2v) is 8.17. The van der Waals surface area contributed by atoms with Gasteiger partial charge in [0.25, 0.3) is 5.91 Å². The number of ether oxygens (including phenoxy) is 1. The maximum atomic E-state index is 12.8. The van der Waals surface area contributed by atoms with Gasteiger partial charge in [-0.15, -0.1) is 11.3 Å². The molecule has 0 saturated heterocycles. The normalized spacial score (nSPS) is 10.7. The Morgan fingerprint density at radius 3 is 2.41 bits per heavy atom. The van der Waals surface area contributed by atoms with Crippen LogP contribution in [0.15, 0.2) is 35.7 Å². The zero-order chi connectivity index (χ0) is 21.3. The highest BCUT2D eigenvalue weighted by atomic mass is 35.5. The summed E-state index contributed by atoms with van der Waals surface area (Å²) in [6.45, 7) is 0. The van der Waals surface area contributed by atoms with E-state index in [0.717, 1.165) is 11.3 Å². The minimum absolute atomic E-state index is 0.0113. The number of carbonyl (C=O) groups excluding carboxylic acids is 1. The molecule has 0 fully saturated rings. The van der Waals surface area contributed by atoms with Gasteiger partial charge in [0.1, 0.15) is 21.3 Å². The third-order valence-corrected chi connectivity index (χ3v) is 6.22. The number of hydrogen-bond donors (Lipinski definition) is 2. The molecule has 5 nitrogen and oxygen atoms in total. The molecule has 0 spiro atoms. The minimum Gasteiger partial charge on any atom is -0.495 e. The van der Waals surface area contributed by atoms with E-state index >= 15 is 0 Å². The molecule has 0 aliphatic rings. The van der Waals surface area contributed by atoms with Crippen LogP contribution in [0, 0.1) is 0 Å². The van der Waals surface area contributed by atoms with Gasteiger partial charge in [-0.1, -0.05) is 58.5 Å². The number of carboxylic acid groups (broad SMARTS) is 1. The highest BCUT2D eigenvalue weighted by Gasteiger charge is 2.25. The van der Waals surface area contributed by atoms with Crippen molar-refractivity contribution in [3.63, 3.8) is 0 Å². The Balaban J connectivity index is 2.03. The largest absolute Gasteiger partial charge is 0.495 e. The first-order chi connectivity index (χ1) is 13.7. The molecule has 0 aliphatic carbocycles. The molecule has 29 heavy (non-hydrogen) atoms. The Hall–Kier alpha value is -1.96. The van der Waals surface area contributed by atoms with Crippen molar-refractivity contribution in [2.75, 3.05) is 12.4 Å². The van der Waals surface area contributed by atoms with Gasteiger partial charge in [0.05, 0.1) is 22.7 Å². The van der Waals surface area contributed by atoms with Gasteiger partial charge in [-0.3, -0.25) is 4.79 Å². The van der Waals surface area contributed by atoms with Crippen LogP contribution in [0.5, 0.6) is 5.75 Å². The Morgan fingerprint density at radius 1 is 1.07 bits per heavy atom. The zero-order valence-corrected chi connectivity index (χ0v) is 18.4. The number of rotatable bonds is 5. The third kappa shape index (κ3) is 4.32. The number of methoxy groups -OCH3 is 1. The highest BCUT2D eigenvalue weighted by Crippen LogP contribution is 2.41. The van der Waals surface area contributed by atoms with Crippen LogP contribution >= 0.6 is 57.7 Å². The maximum Gasteiger partial charge on any atom is 0.339 e. The first-order valence-electron chi connectivity index (χ1n) is 7.88. The summed E-state index contributed by atoms with van der Waals surface area (Å²) in [5.41, 5.74) is 0.867. The van der Waals surface area contributed by atoms with E-state index in [1.54, 1.807) is 29.6 Å². The number of thiophene rings is 1. The number of amides is 1. The second kappa shape index (κ2) is 8.81. The highest BCUT2D eigenvalue weighted by molar-refractivity contribution is 7.15. The molecule has 0 radical (unpaired) electrons. The zero-order valence-electron chi connectivity index (χ0n) is 14.6. The fraction of sp³-hybridized carbons (Fsp3) is 0.0526. The van der Waals surface area contributed by atoms with Crippen LogP contribution in [0.2, 0.25) is 20.1 Å². The van der Waals surface area contributed by atoms with Crippen LogP contribution in [0.4, 0.5) is 5.00 Å². The SMILES string of the molecule is COc1cc(Cl)c(C(=O)Nc2scc(-c3cccc(Cl)c3)c2C(=O)O)c(Cl)c1Cl. The van der Waals surface area contributed by atoms with Crippen molar-refractivity contribution in [1.82, 2.24) is 0 Å². The standard InChI is InChI=1S/C19H11Cl4NO4S/c1-28-12-6-11(21)14(16(23)15(12)22)17(25)24-18-13(19(26)27)10(7-29-18)8-3-2-4-9(20)5-8/h2-7H,1H3,(H,24,25)(H,26,27). The van der Waals surface area contributed by atoms with E-state index in [1.807, 2.05) is 0 Å².